The topological polar surface area (TPSA) is 69.9 Å². The highest BCUT2D eigenvalue weighted by atomic mass is 19.4. The molecule has 1 saturated carbocycles. The maximum absolute atomic E-state index is 12.6. The van der Waals surface area contributed by atoms with Crippen LogP contribution in [0.4, 0.5) is 13.2 Å². The van der Waals surface area contributed by atoms with Crippen molar-refractivity contribution in [2.45, 2.75) is 37.8 Å². The summed E-state index contributed by atoms with van der Waals surface area (Å²) in [6.45, 7) is 1.60. The summed E-state index contributed by atoms with van der Waals surface area (Å²) >= 11 is 0. The molecule has 2 rings (SSSR count). The highest BCUT2D eigenvalue weighted by molar-refractivity contribution is 5.30. The summed E-state index contributed by atoms with van der Waals surface area (Å²) in [5.41, 5.74) is -0.818. The van der Waals surface area contributed by atoms with E-state index in [4.69, 9.17) is 4.74 Å². The Morgan fingerprint density at radius 3 is 2.58 bits per heavy atom. The molecular formula is C17H21F3O4. The van der Waals surface area contributed by atoms with E-state index in [1.54, 1.807) is 13.0 Å². The van der Waals surface area contributed by atoms with Crippen molar-refractivity contribution in [3.63, 3.8) is 0 Å². The molecule has 1 aliphatic rings. The highest BCUT2D eigenvalue weighted by Crippen LogP contribution is 2.33. The molecule has 0 radical (unpaired) electrons. The monoisotopic (exact) mass is 346 g/mol. The zero-order chi connectivity index (χ0) is 17.9. The molecule has 0 amide bonds. The molecule has 1 fully saturated rings. The van der Waals surface area contributed by atoms with Crippen LogP contribution in [0.5, 0.6) is 5.75 Å². The largest absolute Gasteiger partial charge is 0.491 e. The third-order valence-corrected chi connectivity index (χ3v) is 4.28. The van der Waals surface area contributed by atoms with Crippen LogP contribution in [0.25, 0.3) is 0 Å². The van der Waals surface area contributed by atoms with Crippen LogP contribution in [0.15, 0.2) is 36.4 Å². The number of benzene rings is 1. The van der Waals surface area contributed by atoms with Crippen LogP contribution in [0.1, 0.15) is 18.9 Å². The first kappa shape index (κ1) is 18.8. The molecule has 0 saturated heterocycles. The molecule has 0 aromatic heterocycles. The fraction of sp³-hybridized carbons (Fsp3) is 0.529. The van der Waals surface area contributed by atoms with Crippen molar-refractivity contribution in [3.8, 4) is 5.75 Å². The summed E-state index contributed by atoms with van der Waals surface area (Å²) < 4.78 is 43.0. The Labute approximate surface area is 138 Å². The maximum atomic E-state index is 12.6. The van der Waals surface area contributed by atoms with Crippen LogP contribution in [0, 0.1) is 11.8 Å². The Bertz CT molecular complexity index is 573. The van der Waals surface area contributed by atoms with Gasteiger partial charge in [-0.25, -0.2) is 0 Å². The zero-order valence-corrected chi connectivity index (χ0v) is 13.1. The maximum Gasteiger partial charge on any atom is 0.416 e. The van der Waals surface area contributed by atoms with Crippen molar-refractivity contribution in [3.05, 3.63) is 42.0 Å². The summed E-state index contributed by atoms with van der Waals surface area (Å²) in [7, 11) is 0. The second-order valence-electron chi connectivity index (χ2n) is 6.10. The van der Waals surface area contributed by atoms with Gasteiger partial charge in [0.25, 0.3) is 0 Å². The second kappa shape index (κ2) is 7.55. The van der Waals surface area contributed by atoms with Crippen LogP contribution in [0.2, 0.25) is 0 Å². The molecule has 7 heteroatoms. The third kappa shape index (κ3) is 4.72. The quantitative estimate of drug-likeness (QED) is 0.716. The first-order chi connectivity index (χ1) is 11.2. The average Bonchev–Trinajstić information content (AvgIpc) is 2.75. The van der Waals surface area contributed by atoms with Crippen molar-refractivity contribution in [1.29, 1.82) is 0 Å². The highest BCUT2D eigenvalue weighted by Gasteiger charge is 2.37. The summed E-state index contributed by atoms with van der Waals surface area (Å²) in [5, 5.41) is 29.4. The molecule has 0 bridgehead atoms. The number of ether oxygens (including phenoxy) is 1. The van der Waals surface area contributed by atoms with Crippen molar-refractivity contribution < 1.29 is 33.2 Å². The van der Waals surface area contributed by atoms with E-state index in [0.29, 0.717) is 0 Å². The SMILES string of the molecule is CC1[C@@H](/C=C/[C@@H](O)COc2cccc(C(F)(F)F)c2)[C@H](O)C[C@@H]1O. The number of halogens is 3. The predicted octanol–water partition coefficient (Wildman–Crippen LogP) is 2.38. The first-order valence-electron chi connectivity index (χ1n) is 7.71. The Kier molecular flexibility index (Phi) is 5.90. The van der Waals surface area contributed by atoms with Crippen molar-refractivity contribution >= 4 is 0 Å². The number of alkyl halides is 3. The van der Waals surface area contributed by atoms with Gasteiger partial charge in [-0.1, -0.05) is 25.1 Å². The molecule has 3 N–H and O–H groups in total. The molecule has 1 aromatic rings. The number of hydrogen-bond donors (Lipinski definition) is 3. The number of rotatable bonds is 5. The Hall–Kier alpha value is -1.57. The van der Waals surface area contributed by atoms with Gasteiger partial charge in [-0.2, -0.15) is 13.2 Å². The van der Waals surface area contributed by atoms with E-state index in [1.807, 2.05) is 0 Å². The van der Waals surface area contributed by atoms with Crippen molar-refractivity contribution in [1.82, 2.24) is 0 Å². The van der Waals surface area contributed by atoms with Gasteiger partial charge in [-0.15, -0.1) is 0 Å². The lowest BCUT2D eigenvalue weighted by Gasteiger charge is -2.16. The summed E-state index contributed by atoms with van der Waals surface area (Å²) in [4.78, 5) is 0. The van der Waals surface area contributed by atoms with E-state index >= 15 is 0 Å². The lowest BCUT2D eigenvalue weighted by Crippen LogP contribution is -2.19. The minimum Gasteiger partial charge on any atom is -0.491 e. The average molecular weight is 346 g/mol. The molecular weight excluding hydrogens is 325 g/mol. The van der Waals surface area contributed by atoms with Gasteiger partial charge < -0.3 is 20.1 Å². The lowest BCUT2D eigenvalue weighted by atomic mass is 9.95. The van der Waals surface area contributed by atoms with Crippen LogP contribution in [0.3, 0.4) is 0 Å². The molecule has 0 heterocycles. The van der Waals surface area contributed by atoms with Gasteiger partial charge in [0, 0.05) is 12.3 Å². The van der Waals surface area contributed by atoms with Crippen molar-refractivity contribution in [2.24, 2.45) is 11.8 Å². The predicted molar refractivity (Wildman–Crippen MR) is 81.4 cm³/mol. The number of hydrogen-bond acceptors (Lipinski definition) is 4. The normalized spacial score (nSPS) is 29.1. The van der Waals surface area contributed by atoms with Crippen LogP contribution in [-0.2, 0) is 6.18 Å². The van der Waals surface area contributed by atoms with Crippen molar-refractivity contribution in [2.75, 3.05) is 6.61 Å². The number of aliphatic hydroxyl groups excluding tert-OH is 3. The lowest BCUT2D eigenvalue weighted by molar-refractivity contribution is -0.137. The van der Waals surface area contributed by atoms with E-state index in [1.165, 1.54) is 18.2 Å². The van der Waals surface area contributed by atoms with Gasteiger partial charge >= 0.3 is 6.18 Å². The van der Waals surface area contributed by atoms with Crippen LogP contribution >= 0.6 is 0 Å². The minimum atomic E-state index is -4.45. The van der Waals surface area contributed by atoms with E-state index in [-0.39, 0.29) is 30.6 Å². The molecule has 1 aromatic carbocycles. The minimum absolute atomic E-state index is 0.0157. The Morgan fingerprint density at radius 2 is 2.00 bits per heavy atom. The Morgan fingerprint density at radius 1 is 1.29 bits per heavy atom. The van der Waals surface area contributed by atoms with Gasteiger partial charge in [0.1, 0.15) is 18.5 Å². The molecule has 0 aliphatic heterocycles. The summed E-state index contributed by atoms with van der Waals surface area (Å²) in [6.07, 6.45) is -3.42. The molecule has 1 unspecified atom stereocenters. The number of aliphatic hydroxyl groups is 3. The van der Waals surface area contributed by atoms with Gasteiger partial charge in [0.2, 0.25) is 0 Å². The van der Waals surface area contributed by atoms with Gasteiger partial charge in [-0.3, -0.25) is 0 Å². The first-order valence-corrected chi connectivity index (χ1v) is 7.71. The molecule has 0 spiro atoms. The Balaban J connectivity index is 1.89. The molecule has 24 heavy (non-hydrogen) atoms. The zero-order valence-electron chi connectivity index (χ0n) is 13.1. The third-order valence-electron chi connectivity index (χ3n) is 4.28. The fourth-order valence-electron chi connectivity index (χ4n) is 2.79. The van der Waals surface area contributed by atoms with E-state index in [0.717, 1.165) is 12.1 Å². The molecule has 1 aliphatic carbocycles. The van der Waals surface area contributed by atoms with Crippen LogP contribution < -0.4 is 4.74 Å². The molecule has 4 nitrogen and oxygen atoms in total. The van der Waals surface area contributed by atoms with E-state index in [2.05, 4.69) is 0 Å². The van der Waals surface area contributed by atoms with Gasteiger partial charge in [-0.05, 0) is 24.1 Å². The van der Waals surface area contributed by atoms with Gasteiger partial charge in [0.05, 0.1) is 17.8 Å². The summed E-state index contributed by atoms with van der Waals surface area (Å²) in [5.74, 6) is -0.391. The second-order valence-corrected chi connectivity index (χ2v) is 6.10. The van der Waals surface area contributed by atoms with Gasteiger partial charge in [0.15, 0.2) is 0 Å². The van der Waals surface area contributed by atoms with E-state index in [9.17, 15) is 28.5 Å². The van der Waals surface area contributed by atoms with E-state index < -0.39 is 30.1 Å². The summed E-state index contributed by atoms with van der Waals surface area (Å²) in [6, 6.07) is 4.43. The smallest absolute Gasteiger partial charge is 0.416 e. The molecule has 5 atom stereocenters. The van der Waals surface area contributed by atoms with Crippen LogP contribution in [-0.4, -0.2) is 40.2 Å². The molecule has 134 valence electrons. The standard InChI is InChI=1S/C17H21F3O4/c1-10-14(16(23)8-15(10)22)6-5-12(21)9-24-13-4-2-3-11(7-13)17(18,19)20/h2-7,10,12,14-16,21-23H,8-9H2,1H3/b6-5+/t10?,12-,14-,15+,16-/m1/s1. The fourth-order valence-corrected chi connectivity index (χ4v) is 2.79.